The minimum Gasteiger partial charge on any atom is -0.381 e. The van der Waals surface area contributed by atoms with Gasteiger partial charge in [0.2, 0.25) is 0 Å². The van der Waals surface area contributed by atoms with Crippen LogP contribution in [0.5, 0.6) is 0 Å². The number of carbonyl (C=O) groups excluding carboxylic acids is 1. The molecule has 0 aliphatic carbocycles. The molecule has 0 bridgehead atoms. The van der Waals surface area contributed by atoms with E-state index < -0.39 is 0 Å². The van der Waals surface area contributed by atoms with Crippen molar-refractivity contribution >= 4 is 5.78 Å². The molecule has 0 saturated carbocycles. The van der Waals surface area contributed by atoms with E-state index >= 15 is 0 Å². The molecule has 1 aromatic rings. The second-order valence-electron chi connectivity index (χ2n) is 4.04. The Kier molecular flexibility index (Phi) is 9.25. The molecule has 0 aliphatic heterocycles. The third kappa shape index (κ3) is 8.57. The fourth-order valence-electron chi connectivity index (χ4n) is 1.21. The van der Waals surface area contributed by atoms with E-state index in [-0.39, 0.29) is 6.10 Å². The smallest absolute Gasteiger partial charge is 0.133 e. The second kappa shape index (κ2) is 9.97. The van der Waals surface area contributed by atoms with Crippen molar-refractivity contribution in [3.05, 3.63) is 30.6 Å². The zero-order chi connectivity index (χ0) is 13.1. The Morgan fingerprint density at radius 2 is 1.82 bits per heavy atom. The largest absolute Gasteiger partial charge is 0.381 e. The number of hydrogen-bond acceptors (Lipinski definition) is 3. The van der Waals surface area contributed by atoms with Gasteiger partial charge in [0.1, 0.15) is 5.78 Å². The summed E-state index contributed by atoms with van der Waals surface area (Å²) in [5.41, 5.74) is 0. The molecule has 96 valence electrons. The molecule has 0 saturated heterocycles. The van der Waals surface area contributed by atoms with Gasteiger partial charge in [-0.1, -0.05) is 19.9 Å². The van der Waals surface area contributed by atoms with Crippen LogP contribution in [0, 0.1) is 5.92 Å². The fraction of sp³-hybridized carbons (Fsp3) is 0.571. The lowest BCUT2D eigenvalue weighted by molar-refractivity contribution is -0.120. The normalized spacial score (nSPS) is 13.2. The van der Waals surface area contributed by atoms with Gasteiger partial charge in [-0.2, -0.15) is 0 Å². The molecule has 2 unspecified atom stereocenters. The second-order valence-corrected chi connectivity index (χ2v) is 4.04. The molecule has 0 amide bonds. The van der Waals surface area contributed by atoms with Crippen LogP contribution in [0.4, 0.5) is 0 Å². The van der Waals surface area contributed by atoms with E-state index in [1.165, 1.54) is 0 Å². The van der Waals surface area contributed by atoms with Crippen molar-refractivity contribution in [2.45, 2.75) is 39.7 Å². The topological polar surface area (TPSA) is 39.2 Å². The highest BCUT2D eigenvalue weighted by Crippen LogP contribution is 2.11. The minimum atomic E-state index is 0.186. The Labute approximate surface area is 104 Å². The number of methoxy groups -OCH3 is 1. The van der Waals surface area contributed by atoms with Gasteiger partial charge in [0.05, 0.1) is 6.10 Å². The van der Waals surface area contributed by atoms with Crippen molar-refractivity contribution in [2.24, 2.45) is 5.92 Å². The van der Waals surface area contributed by atoms with Gasteiger partial charge >= 0.3 is 0 Å². The number of Topliss-reactive ketones (excluding diaryl/α,β-unsaturated/α-hetero) is 1. The van der Waals surface area contributed by atoms with Crippen molar-refractivity contribution in [3.63, 3.8) is 0 Å². The summed E-state index contributed by atoms with van der Waals surface area (Å²) in [6.07, 6.45) is 4.97. The Hall–Kier alpha value is -1.22. The van der Waals surface area contributed by atoms with Crippen LogP contribution >= 0.6 is 0 Å². The molecule has 0 aromatic carbocycles. The van der Waals surface area contributed by atoms with Gasteiger partial charge in [0.25, 0.3) is 0 Å². The molecular formula is C14H23NO2. The van der Waals surface area contributed by atoms with E-state index in [2.05, 4.69) is 4.98 Å². The van der Waals surface area contributed by atoms with Gasteiger partial charge in [0, 0.05) is 32.3 Å². The molecule has 3 nitrogen and oxygen atoms in total. The molecule has 0 fully saturated rings. The lowest BCUT2D eigenvalue weighted by Gasteiger charge is -2.16. The molecule has 0 N–H and O–H groups in total. The Balaban J connectivity index is 0.000000354. The fourth-order valence-corrected chi connectivity index (χ4v) is 1.21. The number of nitrogens with zero attached hydrogens (tertiary/aromatic N) is 1. The maximum Gasteiger partial charge on any atom is 0.133 e. The van der Waals surface area contributed by atoms with Gasteiger partial charge in [-0.15, -0.1) is 0 Å². The summed E-state index contributed by atoms with van der Waals surface area (Å²) in [6, 6.07) is 5.72. The standard InChI is InChI=1S/C9H18O2.C5H5N/c1-5-9(10)6-7(2)8(3)11-4;1-2-4-6-5-3-1/h7-8H,5-6H2,1-4H3;1-5H. The number of aromatic nitrogens is 1. The van der Waals surface area contributed by atoms with Crippen molar-refractivity contribution in [1.82, 2.24) is 4.98 Å². The van der Waals surface area contributed by atoms with Gasteiger partial charge in [0.15, 0.2) is 0 Å². The van der Waals surface area contributed by atoms with Crippen molar-refractivity contribution in [3.8, 4) is 0 Å². The third-order valence-corrected chi connectivity index (χ3v) is 2.68. The van der Waals surface area contributed by atoms with Crippen LogP contribution in [0.2, 0.25) is 0 Å². The average molecular weight is 237 g/mol. The van der Waals surface area contributed by atoms with Crippen molar-refractivity contribution < 1.29 is 9.53 Å². The van der Waals surface area contributed by atoms with E-state index in [0.717, 1.165) is 0 Å². The molecule has 2 atom stereocenters. The average Bonchev–Trinajstić information content (AvgIpc) is 2.40. The molecular weight excluding hydrogens is 214 g/mol. The van der Waals surface area contributed by atoms with Gasteiger partial charge in [-0.05, 0) is 25.0 Å². The number of ether oxygens (including phenoxy) is 1. The molecule has 1 rings (SSSR count). The van der Waals surface area contributed by atoms with Crippen molar-refractivity contribution in [2.75, 3.05) is 7.11 Å². The summed E-state index contributed by atoms with van der Waals surface area (Å²) >= 11 is 0. The lowest BCUT2D eigenvalue weighted by Crippen LogP contribution is -2.19. The quantitative estimate of drug-likeness (QED) is 0.790. The van der Waals surface area contributed by atoms with Crippen LogP contribution in [0.15, 0.2) is 30.6 Å². The SMILES string of the molecule is CCC(=O)CC(C)C(C)OC.c1ccncc1. The van der Waals surface area contributed by atoms with Gasteiger partial charge in [-0.3, -0.25) is 9.78 Å². The number of hydrogen-bond donors (Lipinski definition) is 0. The predicted octanol–water partition coefficient (Wildman–Crippen LogP) is 3.11. The van der Waals surface area contributed by atoms with E-state index in [0.29, 0.717) is 24.5 Å². The molecule has 0 spiro atoms. The highest BCUT2D eigenvalue weighted by Gasteiger charge is 2.13. The number of pyridine rings is 1. The maximum atomic E-state index is 11.0. The van der Waals surface area contributed by atoms with Crippen molar-refractivity contribution in [1.29, 1.82) is 0 Å². The summed E-state index contributed by atoms with van der Waals surface area (Å²) in [6.45, 7) is 5.93. The summed E-state index contributed by atoms with van der Waals surface area (Å²) in [4.78, 5) is 14.8. The first kappa shape index (κ1) is 15.8. The Bertz CT molecular complexity index is 261. The van der Waals surface area contributed by atoms with Gasteiger partial charge < -0.3 is 4.74 Å². The number of carbonyl (C=O) groups is 1. The Morgan fingerprint density at radius 3 is 2.12 bits per heavy atom. The van der Waals surface area contributed by atoms with Crippen LogP contribution in [-0.4, -0.2) is 24.0 Å². The van der Waals surface area contributed by atoms with E-state index in [4.69, 9.17) is 4.74 Å². The van der Waals surface area contributed by atoms with Crippen LogP contribution < -0.4 is 0 Å². The number of rotatable bonds is 5. The summed E-state index contributed by atoms with van der Waals surface area (Å²) in [7, 11) is 1.68. The minimum absolute atomic E-state index is 0.186. The van der Waals surface area contributed by atoms with E-state index in [9.17, 15) is 4.79 Å². The Morgan fingerprint density at radius 1 is 1.24 bits per heavy atom. The third-order valence-electron chi connectivity index (χ3n) is 2.68. The van der Waals surface area contributed by atoms with Gasteiger partial charge in [-0.25, -0.2) is 0 Å². The molecule has 0 radical (unpaired) electrons. The van der Waals surface area contributed by atoms with Crippen LogP contribution in [-0.2, 0) is 9.53 Å². The first-order valence-electron chi connectivity index (χ1n) is 6.01. The first-order chi connectivity index (χ1) is 8.11. The molecule has 1 heterocycles. The summed E-state index contributed by atoms with van der Waals surface area (Å²) in [5, 5.41) is 0. The summed E-state index contributed by atoms with van der Waals surface area (Å²) < 4.78 is 5.11. The molecule has 3 heteroatoms. The summed E-state index contributed by atoms with van der Waals surface area (Å²) in [5.74, 6) is 0.661. The van der Waals surface area contributed by atoms with E-state index in [1.807, 2.05) is 39.0 Å². The lowest BCUT2D eigenvalue weighted by atomic mass is 9.98. The van der Waals surface area contributed by atoms with E-state index in [1.54, 1.807) is 19.5 Å². The predicted molar refractivity (Wildman–Crippen MR) is 69.8 cm³/mol. The monoisotopic (exact) mass is 237 g/mol. The number of ketones is 1. The zero-order valence-corrected chi connectivity index (χ0v) is 11.2. The zero-order valence-electron chi connectivity index (χ0n) is 11.2. The van der Waals surface area contributed by atoms with Crippen LogP contribution in [0.3, 0.4) is 0 Å². The van der Waals surface area contributed by atoms with Crippen LogP contribution in [0.1, 0.15) is 33.6 Å². The molecule has 17 heavy (non-hydrogen) atoms. The molecule has 0 aliphatic rings. The van der Waals surface area contributed by atoms with Crippen LogP contribution in [0.25, 0.3) is 0 Å². The highest BCUT2D eigenvalue weighted by molar-refractivity contribution is 5.78. The molecule has 1 aromatic heterocycles. The first-order valence-corrected chi connectivity index (χ1v) is 6.01. The maximum absolute atomic E-state index is 11.0. The highest BCUT2D eigenvalue weighted by atomic mass is 16.5.